The normalized spacial score (nSPS) is 27.6. The van der Waals surface area contributed by atoms with Gasteiger partial charge in [0, 0.05) is 12.5 Å². The van der Waals surface area contributed by atoms with Crippen LogP contribution in [-0.4, -0.2) is 71.9 Å². The van der Waals surface area contributed by atoms with Gasteiger partial charge < -0.3 is 25.5 Å². The lowest BCUT2D eigenvalue weighted by molar-refractivity contribution is -0.133. The monoisotopic (exact) mass is 514 g/mol. The van der Waals surface area contributed by atoms with E-state index >= 15 is 4.39 Å². The second-order valence-corrected chi connectivity index (χ2v) is 10.2. The number of aromatic nitrogens is 1. The van der Waals surface area contributed by atoms with Gasteiger partial charge in [0.25, 0.3) is 0 Å². The molecule has 2 aromatic rings. The molecule has 1 saturated carbocycles. The van der Waals surface area contributed by atoms with E-state index in [1.54, 1.807) is 18.2 Å². The maximum absolute atomic E-state index is 15.7. The standard InChI is InChI=1S/C26H31FN4O6/c1-37-19-7-3-6-16-20(19)21(27)22(30-16)23(34)26(15-5-2-4-14(15)11-29-26)25(36)31-17(18(33)12-32)10-13-8-9-28-24(13)35/h3,6-7,13-15,17,29-30,32H,2,4-5,8-12H2,1H3,(H,28,35)(H,31,36)/t13-,14?,15?,17-,26?/m0/s1. The summed E-state index contributed by atoms with van der Waals surface area (Å²) < 4.78 is 21.0. The lowest BCUT2D eigenvalue weighted by atomic mass is 9.76. The molecule has 0 radical (unpaired) electrons. The Bertz CT molecular complexity index is 1260. The summed E-state index contributed by atoms with van der Waals surface area (Å²) in [6.07, 6.45) is 2.74. The van der Waals surface area contributed by atoms with Crippen molar-refractivity contribution in [3.05, 3.63) is 29.7 Å². The number of H-pyrrole nitrogens is 1. The molecule has 0 bridgehead atoms. The average Bonchev–Trinajstić information content (AvgIpc) is 3.67. The number of rotatable bonds is 9. The van der Waals surface area contributed by atoms with Crippen LogP contribution in [0.3, 0.4) is 0 Å². The highest BCUT2D eigenvalue weighted by Crippen LogP contribution is 2.46. The largest absolute Gasteiger partial charge is 0.496 e. The first-order valence-corrected chi connectivity index (χ1v) is 12.7. The van der Waals surface area contributed by atoms with Crippen molar-refractivity contribution >= 4 is 34.3 Å². The van der Waals surface area contributed by atoms with Crippen molar-refractivity contribution in [2.45, 2.75) is 43.7 Å². The molecule has 3 fully saturated rings. The molecule has 2 saturated heterocycles. The van der Waals surface area contributed by atoms with Gasteiger partial charge in [0.05, 0.1) is 24.1 Å². The Hall–Kier alpha value is -3.31. The highest BCUT2D eigenvalue weighted by Gasteiger charge is 2.60. The minimum atomic E-state index is -1.80. The fraction of sp³-hybridized carbons (Fsp3) is 0.538. The molecule has 198 valence electrons. The van der Waals surface area contributed by atoms with Crippen LogP contribution in [0.4, 0.5) is 4.39 Å². The van der Waals surface area contributed by atoms with E-state index in [4.69, 9.17) is 4.74 Å². The lowest BCUT2D eigenvalue weighted by Crippen LogP contribution is -2.65. The minimum Gasteiger partial charge on any atom is -0.496 e. The van der Waals surface area contributed by atoms with Crippen LogP contribution in [-0.2, 0) is 14.4 Å². The number of ketones is 2. The number of halogens is 1. The summed E-state index contributed by atoms with van der Waals surface area (Å²) in [5.41, 5.74) is -1.78. The number of aliphatic hydroxyl groups excluding tert-OH is 1. The molecule has 37 heavy (non-hydrogen) atoms. The van der Waals surface area contributed by atoms with Crippen LogP contribution >= 0.6 is 0 Å². The maximum atomic E-state index is 15.7. The van der Waals surface area contributed by atoms with Gasteiger partial charge in [0.2, 0.25) is 17.6 Å². The molecule has 1 aliphatic carbocycles. The summed E-state index contributed by atoms with van der Waals surface area (Å²) in [5.74, 6) is -3.77. The maximum Gasteiger partial charge on any atom is 0.249 e. The predicted molar refractivity (Wildman–Crippen MR) is 130 cm³/mol. The van der Waals surface area contributed by atoms with Crippen molar-refractivity contribution in [1.29, 1.82) is 0 Å². The highest BCUT2D eigenvalue weighted by atomic mass is 19.1. The van der Waals surface area contributed by atoms with Crippen molar-refractivity contribution in [2.75, 3.05) is 26.8 Å². The molecule has 5 N–H and O–H groups in total. The van der Waals surface area contributed by atoms with Crippen molar-refractivity contribution in [3.8, 4) is 5.75 Å². The van der Waals surface area contributed by atoms with Crippen LogP contribution < -0.4 is 20.7 Å². The first kappa shape index (κ1) is 25.3. The van der Waals surface area contributed by atoms with E-state index in [2.05, 4.69) is 20.9 Å². The zero-order valence-electron chi connectivity index (χ0n) is 20.6. The van der Waals surface area contributed by atoms with Crippen molar-refractivity contribution in [3.63, 3.8) is 0 Å². The number of fused-ring (bicyclic) bond motifs is 2. The number of aromatic amines is 1. The summed E-state index contributed by atoms with van der Waals surface area (Å²) in [7, 11) is 1.40. The molecule has 0 spiro atoms. The summed E-state index contributed by atoms with van der Waals surface area (Å²) in [4.78, 5) is 55.7. The Labute approximate surface area is 212 Å². The van der Waals surface area contributed by atoms with E-state index in [-0.39, 0.29) is 35.1 Å². The fourth-order valence-corrected chi connectivity index (χ4v) is 6.38. The van der Waals surface area contributed by atoms with Crippen LogP contribution in [0.1, 0.15) is 42.6 Å². The number of hydrogen-bond donors (Lipinski definition) is 5. The molecule has 3 aliphatic rings. The number of methoxy groups -OCH3 is 1. The van der Waals surface area contributed by atoms with E-state index < -0.39 is 53.3 Å². The van der Waals surface area contributed by atoms with Crippen molar-refractivity contribution in [1.82, 2.24) is 20.9 Å². The Kier molecular flexibility index (Phi) is 6.76. The molecule has 5 rings (SSSR count). The fourth-order valence-electron chi connectivity index (χ4n) is 6.38. The van der Waals surface area contributed by atoms with Crippen LogP contribution in [0.25, 0.3) is 10.9 Å². The number of amides is 2. The number of carbonyl (C=O) groups is 4. The van der Waals surface area contributed by atoms with Gasteiger partial charge in [-0.05, 0) is 56.2 Å². The van der Waals surface area contributed by atoms with Crippen LogP contribution in [0.15, 0.2) is 18.2 Å². The molecule has 3 unspecified atom stereocenters. The Balaban J connectivity index is 1.52. The third-order valence-corrected chi connectivity index (χ3v) is 8.28. The zero-order chi connectivity index (χ0) is 26.3. The first-order chi connectivity index (χ1) is 17.8. The molecule has 1 aromatic heterocycles. The number of nitrogens with one attached hydrogen (secondary N) is 4. The van der Waals surface area contributed by atoms with Gasteiger partial charge in [0.15, 0.2) is 17.1 Å². The van der Waals surface area contributed by atoms with Gasteiger partial charge in [-0.1, -0.05) is 12.5 Å². The molecule has 11 heteroatoms. The predicted octanol–water partition coefficient (Wildman–Crippen LogP) is 0.829. The highest BCUT2D eigenvalue weighted by molar-refractivity contribution is 6.20. The van der Waals surface area contributed by atoms with E-state index in [0.29, 0.717) is 31.4 Å². The van der Waals surface area contributed by atoms with Crippen LogP contribution in [0.2, 0.25) is 0 Å². The average molecular weight is 515 g/mol. The summed E-state index contributed by atoms with van der Waals surface area (Å²) in [6, 6.07) is 3.71. The molecule has 1 aromatic carbocycles. The molecule has 3 heterocycles. The smallest absolute Gasteiger partial charge is 0.249 e. The topological polar surface area (TPSA) is 150 Å². The Morgan fingerprint density at radius 1 is 1.27 bits per heavy atom. The second kappa shape index (κ2) is 9.86. The molecular formula is C26H31FN4O6. The van der Waals surface area contributed by atoms with Gasteiger partial charge in [-0.2, -0.15) is 0 Å². The van der Waals surface area contributed by atoms with Crippen LogP contribution in [0.5, 0.6) is 5.75 Å². The number of carbonyl (C=O) groups excluding carboxylic acids is 4. The van der Waals surface area contributed by atoms with Gasteiger partial charge >= 0.3 is 0 Å². The van der Waals surface area contributed by atoms with E-state index in [1.165, 1.54) is 7.11 Å². The SMILES string of the molecule is COc1cccc2[nH]c(C(=O)C3(C(=O)N[C@@H](C[C@@H]4CCNC4=O)C(=O)CO)NCC4CCCC43)c(F)c12. The number of hydrogen-bond acceptors (Lipinski definition) is 7. The van der Waals surface area contributed by atoms with Gasteiger partial charge in [0.1, 0.15) is 18.1 Å². The van der Waals surface area contributed by atoms with E-state index in [9.17, 15) is 24.3 Å². The Morgan fingerprint density at radius 3 is 2.78 bits per heavy atom. The number of Topliss-reactive ketones (excluding diaryl/α,β-unsaturated/α-hetero) is 2. The summed E-state index contributed by atoms with van der Waals surface area (Å²) in [5, 5.41) is 18.1. The minimum absolute atomic E-state index is 0.00722. The van der Waals surface area contributed by atoms with Crippen molar-refractivity contribution in [2.24, 2.45) is 17.8 Å². The second-order valence-electron chi connectivity index (χ2n) is 10.2. The number of benzene rings is 1. The lowest BCUT2D eigenvalue weighted by Gasteiger charge is -2.34. The summed E-state index contributed by atoms with van der Waals surface area (Å²) >= 11 is 0. The summed E-state index contributed by atoms with van der Waals surface area (Å²) in [6.45, 7) is 0.0448. The number of aliphatic hydroxyl groups is 1. The molecule has 5 atom stereocenters. The number of ether oxygens (including phenoxy) is 1. The third kappa shape index (κ3) is 4.10. The van der Waals surface area contributed by atoms with Gasteiger partial charge in [-0.3, -0.25) is 24.5 Å². The Morgan fingerprint density at radius 2 is 2.08 bits per heavy atom. The third-order valence-electron chi connectivity index (χ3n) is 8.28. The first-order valence-electron chi connectivity index (χ1n) is 12.7. The van der Waals surface area contributed by atoms with E-state index in [1.807, 2.05) is 0 Å². The molecule has 10 nitrogen and oxygen atoms in total. The van der Waals surface area contributed by atoms with Crippen LogP contribution in [0, 0.1) is 23.6 Å². The van der Waals surface area contributed by atoms with Gasteiger partial charge in [-0.25, -0.2) is 4.39 Å². The quantitative estimate of drug-likeness (QED) is 0.246. The van der Waals surface area contributed by atoms with Crippen molar-refractivity contribution < 1.29 is 33.4 Å². The van der Waals surface area contributed by atoms with Gasteiger partial charge in [-0.15, -0.1) is 0 Å². The molecular weight excluding hydrogens is 483 g/mol. The van der Waals surface area contributed by atoms with E-state index in [0.717, 1.165) is 12.8 Å². The molecule has 2 amide bonds. The molecule has 2 aliphatic heterocycles. The zero-order valence-corrected chi connectivity index (χ0v) is 20.6.